The van der Waals surface area contributed by atoms with E-state index in [9.17, 15) is 9.90 Å². The fourth-order valence-corrected chi connectivity index (χ4v) is 3.80. The van der Waals surface area contributed by atoms with Gasteiger partial charge in [-0.2, -0.15) is 0 Å². The van der Waals surface area contributed by atoms with Crippen LogP contribution in [0, 0.1) is 16.7 Å². The molecule has 0 spiro atoms. The van der Waals surface area contributed by atoms with Crippen molar-refractivity contribution in [3.63, 3.8) is 0 Å². The first-order valence-electron chi connectivity index (χ1n) is 6.91. The van der Waals surface area contributed by atoms with E-state index in [0.717, 1.165) is 12.8 Å². The molecule has 0 heterocycles. The third kappa shape index (κ3) is 1.86. The first-order valence-corrected chi connectivity index (χ1v) is 6.91. The molecule has 18 heavy (non-hydrogen) atoms. The maximum atomic E-state index is 11.8. The molecule has 2 saturated carbocycles. The highest BCUT2D eigenvalue weighted by Gasteiger charge is 2.62. The van der Waals surface area contributed by atoms with Gasteiger partial charge in [0.15, 0.2) is 6.10 Å². The van der Waals surface area contributed by atoms with Crippen molar-refractivity contribution < 1.29 is 14.6 Å². The van der Waals surface area contributed by atoms with Crippen LogP contribution in [0.1, 0.15) is 46.5 Å². The molecule has 0 aromatic rings. The zero-order valence-electron chi connectivity index (χ0n) is 11.6. The van der Waals surface area contributed by atoms with Gasteiger partial charge in [-0.05, 0) is 43.6 Å². The van der Waals surface area contributed by atoms with Crippen molar-refractivity contribution >= 4 is 5.97 Å². The minimum absolute atomic E-state index is 0.0498. The van der Waals surface area contributed by atoms with Gasteiger partial charge in [0.05, 0.1) is 0 Å². The number of hydrogen-bond donors (Lipinski definition) is 2. The highest BCUT2D eigenvalue weighted by Crippen LogP contribution is 2.66. The van der Waals surface area contributed by atoms with Crippen LogP contribution in [0.3, 0.4) is 0 Å². The molecule has 2 bridgehead atoms. The molecule has 0 saturated heterocycles. The van der Waals surface area contributed by atoms with E-state index in [2.05, 4.69) is 20.8 Å². The summed E-state index contributed by atoms with van der Waals surface area (Å²) in [6.45, 7) is 7.06. The van der Waals surface area contributed by atoms with E-state index in [-0.39, 0.29) is 23.4 Å². The third-order valence-corrected chi connectivity index (χ3v) is 5.68. The highest BCUT2D eigenvalue weighted by molar-refractivity contribution is 5.74. The Morgan fingerprint density at radius 1 is 1.50 bits per heavy atom. The van der Waals surface area contributed by atoms with Crippen LogP contribution >= 0.6 is 0 Å². The monoisotopic (exact) mass is 255 g/mol. The summed E-state index contributed by atoms with van der Waals surface area (Å²) in [5.74, 6) is 0.127. The predicted molar refractivity (Wildman–Crippen MR) is 68.8 cm³/mol. The molecule has 2 aliphatic rings. The van der Waals surface area contributed by atoms with E-state index >= 15 is 0 Å². The van der Waals surface area contributed by atoms with Gasteiger partial charge in [-0.1, -0.05) is 20.8 Å². The normalized spacial score (nSPS) is 38.7. The molecule has 2 rings (SSSR count). The minimum atomic E-state index is -1.07. The largest absolute Gasteiger partial charge is 0.460 e. The molecular formula is C14H25NO3. The number of esters is 1. The van der Waals surface area contributed by atoms with Gasteiger partial charge < -0.3 is 15.6 Å². The maximum Gasteiger partial charge on any atom is 0.335 e. The van der Waals surface area contributed by atoms with E-state index in [0.29, 0.717) is 12.5 Å². The summed E-state index contributed by atoms with van der Waals surface area (Å²) in [5, 5.41) is 9.61. The second kappa shape index (κ2) is 4.49. The minimum Gasteiger partial charge on any atom is -0.460 e. The van der Waals surface area contributed by atoms with Gasteiger partial charge in [-0.3, -0.25) is 0 Å². The van der Waals surface area contributed by atoms with Gasteiger partial charge in [0.25, 0.3) is 0 Å². The first kappa shape index (κ1) is 13.8. The predicted octanol–water partition coefficient (Wildman–Crippen LogP) is 1.45. The smallest absolute Gasteiger partial charge is 0.335 e. The fraction of sp³-hybridized carbons (Fsp3) is 0.929. The Balaban J connectivity index is 2.03. The lowest BCUT2D eigenvalue weighted by atomic mass is 9.70. The molecule has 104 valence electrons. The average Bonchev–Trinajstić information content (AvgIpc) is 2.62. The van der Waals surface area contributed by atoms with Crippen LogP contribution in [0.2, 0.25) is 0 Å². The molecule has 0 aromatic heterocycles. The van der Waals surface area contributed by atoms with Gasteiger partial charge in [0.1, 0.15) is 6.10 Å². The van der Waals surface area contributed by atoms with Crippen molar-refractivity contribution in [3.05, 3.63) is 0 Å². The molecule has 0 aliphatic heterocycles. The van der Waals surface area contributed by atoms with Crippen LogP contribution in [-0.2, 0) is 9.53 Å². The van der Waals surface area contributed by atoms with Crippen LogP contribution in [0.25, 0.3) is 0 Å². The quantitative estimate of drug-likeness (QED) is 0.746. The van der Waals surface area contributed by atoms with Crippen molar-refractivity contribution in [2.45, 2.75) is 58.7 Å². The summed E-state index contributed by atoms with van der Waals surface area (Å²) in [6, 6.07) is 0. The Morgan fingerprint density at radius 3 is 2.61 bits per heavy atom. The van der Waals surface area contributed by atoms with Crippen molar-refractivity contribution in [2.75, 3.05) is 6.54 Å². The van der Waals surface area contributed by atoms with Gasteiger partial charge in [0.2, 0.25) is 0 Å². The van der Waals surface area contributed by atoms with Crippen LogP contribution in [0.4, 0.5) is 0 Å². The molecule has 3 unspecified atom stereocenters. The molecule has 0 aromatic carbocycles. The number of fused-ring (bicyclic) bond motifs is 2. The lowest BCUT2D eigenvalue weighted by Crippen LogP contribution is -2.40. The van der Waals surface area contributed by atoms with Gasteiger partial charge in [-0.25, -0.2) is 4.79 Å². The first-order chi connectivity index (χ1) is 8.33. The fourth-order valence-electron chi connectivity index (χ4n) is 3.80. The number of ether oxygens (including phenoxy) is 1. The summed E-state index contributed by atoms with van der Waals surface area (Å²) < 4.78 is 5.55. The van der Waals surface area contributed by atoms with Crippen LogP contribution in [-0.4, -0.2) is 29.8 Å². The van der Waals surface area contributed by atoms with Crippen molar-refractivity contribution in [1.82, 2.24) is 0 Å². The van der Waals surface area contributed by atoms with Crippen molar-refractivity contribution in [1.29, 1.82) is 0 Å². The van der Waals surface area contributed by atoms with Gasteiger partial charge in [-0.15, -0.1) is 0 Å². The van der Waals surface area contributed by atoms with Crippen molar-refractivity contribution in [3.8, 4) is 0 Å². The van der Waals surface area contributed by atoms with E-state index in [1.54, 1.807) is 0 Å². The lowest BCUT2D eigenvalue weighted by molar-refractivity contribution is -0.167. The number of carbonyl (C=O) groups is 1. The van der Waals surface area contributed by atoms with Crippen LogP contribution in [0.5, 0.6) is 0 Å². The Labute approximate surface area is 109 Å². The number of nitrogens with two attached hydrogens (primary N) is 1. The molecule has 2 aliphatic carbocycles. The number of hydrogen-bond acceptors (Lipinski definition) is 4. The van der Waals surface area contributed by atoms with E-state index < -0.39 is 12.1 Å². The SMILES string of the molecule is CC1(C)C2CCC1(C)C(OC(=O)[C@@H](O)CCN)C2. The number of carbonyl (C=O) groups excluding carboxylic acids is 1. The number of aliphatic hydroxyl groups is 1. The van der Waals surface area contributed by atoms with E-state index in [1.807, 2.05) is 0 Å². The van der Waals surface area contributed by atoms with E-state index in [4.69, 9.17) is 10.5 Å². The topological polar surface area (TPSA) is 72.5 Å². The van der Waals surface area contributed by atoms with Gasteiger partial charge in [0, 0.05) is 5.41 Å². The van der Waals surface area contributed by atoms with Crippen LogP contribution in [0.15, 0.2) is 0 Å². The molecule has 0 radical (unpaired) electrons. The maximum absolute atomic E-state index is 11.8. The number of rotatable bonds is 4. The Bertz CT molecular complexity index is 342. The van der Waals surface area contributed by atoms with Gasteiger partial charge >= 0.3 is 5.97 Å². The van der Waals surface area contributed by atoms with Crippen LogP contribution < -0.4 is 5.73 Å². The second-order valence-electron chi connectivity index (χ2n) is 6.63. The summed E-state index contributed by atoms with van der Waals surface area (Å²) in [7, 11) is 0. The molecule has 4 atom stereocenters. The van der Waals surface area contributed by atoms with Crippen molar-refractivity contribution in [2.24, 2.45) is 22.5 Å². The Kier molecular flexibility index (Phi) is 3.45. The second-order valence-corrected chi connectivity index (χ2v) is 6.63. The highest BCUT2D eigenvalue weighted by atomic mass is 16.6. The molecule has 3 N–H and O–H groups in total. The molecule has 4 heteroatoms. The molecular weight excluding hydrogens is 230 g/mol. The summed E-state index contributed by atoms with van der Waals surface area (Å²) in [4.78, 5) is 11.8. The zero-order chi connectivity index (χ0) is 13.6. The molecule has 2 fully saturated rings. The third-order valence-electron chi connectivity index (χ3n) is 5.68. The summed E-state index contributed by atoms with van der Waals surface area (Å²) in [5.41, 5.74) is 5.61. The zero-order valence-corrected chi connectivity index (χ0v) is 11.6. The number of aliphatic hydroxyl groups excluding tert-OH is 1. The lowest BCUT2D eigenvalue weighted by Gasteiger charge is -2.38. The summed E-state index contributed by atoms with van der Waals surface area (Å²) in [6.07, 6.45) is 2.42. The Hall–Kier alpha value is -0.610. The van der Waals surface area contributed by atoms with E-state index in [1.165, 1.54) is 6.42 Å². The molecule has 0 amide bonds. The average molecular weight is 255 g/mol. The standard InChI is InChI=1S/C14H25NO3/c1-13(2)9-4-6-14(13,3)11(8-9)18-12(17)10(16)5-7-15/h9-11,16H,4-8,15H2,1-3H3/t9?,10-,11?,14?/m0/s1. The molecule has 4 nitrogen and oxygen atoms in total. The Morgan fingerprint density at radius 2 is 2.17 bits per heavy atom. The summed E-state index contributed by atoms with van der Waals surface area (Å²) >= 11 is 0.